The molecule has 118 valence electrons. The highest BCUT2D eigenvalue weighted by Crippen LogP contribution is 2.22. The van der Waals surface area contributed by atoms with E-state index in [0.29, 0.717) is 16.9 Å². The van der Waals surface area contributed by atoms with Crippen molar-refractivity contribution in [1.82, 2.24) is 9.97 Å². The summed E-state index contributed by atoms with van der Waals surface area (Å²) in [6, 6.07) is 10.9. The zero-order chi connectivity index (χ0) is 16.4. The Balaban J connectivity index is 1.93. The van der Waals surface area contributed by atoms with Gasteiger partial charge in [-0.25, -0.2) is 4.98 Å². The van der Waals surface area contributed by atoms with E-state index < -0.39 is 0 Å². The number of anilines is 2. The molecular weight excluding hydrogens is 288 g/mol. The van der Waals surface area contributed by atoms with Crippen LogP contribution < -0.4 is 11.1 Å². The summed E-state index contributed by atoms with van der Waals surface area (Å²) in [5.41, 5.74) is 10.4. The van der Waals surface area contributed by atoms with Crippen LogP contribution in [0, 0.1) is 6.92 Å². The first kappa shape index (κ1) is 15.1. The molecule has 1 aromatic heterocycles. The first-order valence-electron chi connectivity index (χ1n) is 7.73. The second kappa shape index (κ2) is 6.12. The monoisotopic (exact) mass is 308 g/mol. The summed E-state index contributed by atoms with van der Waals surface area (Å²) in [4.78, 5) is 20.4. The fourth-order valence-corrected chi connectivity index (χ4v) is 2.63. The Kier molecular flexibility index (Phi) is 4.02. The Bertz CT molecular complexity index is 867. The number of nitrogens with zero attached hydrogens (tertiary/aromatic N) is 1. The molecule has 0 atom stereocenters. The highest BCUT2D eigenvalue weighted by atomic mass is 16.1. The molecule has 0 bridgehead atoms. The number of amides is 1. The van der Waals surface area contributed by atoms with Crippen LogP contribution in [-0.4, -0.2) is 15.9 Å². The van der Waals surface area contributed by atoms with Gasteiger partial charge >= 0.3 is 0 Å². The number of benzene rings is 2. The maximum atomic E-state index is 12.5. The third-order valence-electron chi connectivity index (χ3n) is 3.78. The van der Waals surface area contributed by atoms with Gasteiger partial charge in [-0.15, -0.1) is 0 Å². The molecule has 1 amide bonds. The Morgan fingerprint density at radius 2 is 2.09 bits per heavy atom. The molecule has 5 heteroatoms. The maximum absolute atomic E-state index is 12.5. The number of para-hydroxylation sites is 2. The Morgan fingerprint density at radius 3 is 2.83 bits per heavy atom. The topological polar surface area (TPSA) is 83.8 Å². The van der Waals surface area contributed by atoms with Crippen molar-refractivity contribution < 1.29 is 4.79 Å². The minimum absolute atomic E-state index is 0.181. The standard InChI is InChI=1S/C18H20N4O/c1-3-6-16-20-15-10-12(9-11(2)17(15)22-16)18(23)21-14-8-5-4-7-13(14)19/h4-5,7-10H,3,6,19H2,1-2H3,(H,20,22)(H,21,23). The molecule has 5 nitrogen and oxygen atoms in total. The molecule has 0 saturated carbocycles. The summed E-state index contributed by atoms with van der Waals surface area (Å²) < 4.78 is 0. The SMILES string of the molecule is CCCc1nc2c(C)cc(C(=O)Nc3ccccc3N)cc2[nH]1. The number of aromatic amines is 1. The first-order chi connectivity index (χ1) is 11.1. The van der Waals surface area contributed by atoms with Gasteiger partial charge in [0.2, 0.25) is 0 Å². The zero-order valence-corrected chi connectivity index (χ0v) is 13.3. The van der Waals surface area contributed by atoms with Gasteiger partial charge in [0.15, 0.2) is 0 Å². The van der Waals surface area contributed by atoms with Gasteiger partial charge in [0.25, 0.3) is 5.91 Å². The number of nitrogens with one attached hydrogen (secondary N) is 2. The highest BCUT2D eigenvalue weighted by Gasteiger charge is 2.12. The van der Waals surface area contributed by atoms with Gasteiger partial charge in [-0.2, -0.15) is 0 Å². The predicted octanol–water partition coefficient (Wildman–Crippen LogP) is 3.66. The largest absolute Gasteiger partial charge is 0.397 e. The molecule has 23 heavy (non-hydrogen) atoms. The minimum atomic E-state index is -0.181. The molecule has 0 aliphatic rings. The molecular formula is C18H20N4O. The fraction of sp³-hybridized carbons (Fsp3) is 0.222. The molecule has 0 unspecified atom stereocenters. The van der Waals surface area contributed by atoms with Crippen molar-refractivity contribution in [2.24, 2.45) is 0 Å². The number of H-pyrrole nitrogens is 1. The van der Waals surface area contributed by atoms with E-state index in [9.17, 15) is 4.79 Å². The quantitative estimate of drug-likeness (QED) is 0.643. The van der Waals surface area contributed by atoms with Crippen LogP contribution in [0.5, 0.6) is 0 Å². The average molecular weight is 308 g/mol. The number of hydrogen-bond acceptors (Lipinski definition) is 3. The van der Waals surface area contributed by atoms with Crippen molar-refractivity contribution in [3.63, 3.8) is 0 Å². The van der Waals surface area contributed by atoms with Crippen LogP contribution in [-0.2, 0) is 6.42 Å². The number of hydrogen-bond donors (Lipinski definition) is 3. The van der Waals surface area contributed by atoms with Crippen molar-refractivity contribution >= 4 is 28.3 Å². The van der Waals surface area contributed by atoms with Crippen molar-refractivity contribution in [1.29, 1.82) is 0 Å². The molecule has 0 aliphatic heterocycles. The van der Waals surface area contributed by atoms with E-state index >= 15 is 0 Å². The number of nitrogens with two attached hydrogens (primary N) is 1. The van der Waals surface area contributed by atoms with Gasteiger partial charge in [0, 0.05) is 12.0 Å². The number of fused-ring (bicyclic) bond motifs is 1. The van der Waals surface area contributed by atoms with Crippen LogP contribution in [0.4, 0.5) is 11.4 Å². The van der Waals surface area contributed by atoms with E-state index in [0.717, 1.165) is 35.3 Å². The van der Waals surface area contributed by atoms with E-state index in [1.54, 1.807) is 12.1 Å². The second-order valence-electron chi connectivity index (χ2n) is 5.66. The fourth-order valence-electron chi connectivity index (χ4n) is 2.63. The number of nitrogen functional groups attached to an aromatic ring is 1. The summed E-state index contributed by atoms with van der Waals surface area (Å²) in [7, 11) is 0. The van der Waals surface area contributed by atoms with Crippen molar-refractivity contribution in [3.05, 3.63) is 53.3 Å². The van der Waals surface area contributed by atoms with Crippen LogP contribution in [0.1, 0.15) is 35.1 Å². The normalized spacial score (nSPS) is 10.9. The lowest BCUT2D eigenvalue weighted by atomic mass is 10.1. The van der Waals surface area contributed by atoms with Crippen LogP contribution in [0.15, 0.2) is 36.4 Å². The lowest BCUT2D eigenvalue weighted by Gasteiger charge is -2.08. The first-order valence-corrected chi connectivity index (χ1v) is 7.73. The van der Waals surface area contributed by atoms with E-state index in [1.165, 1.54) is 0 Å². The molecule has 2 aromatic carbocycles. The number of aromatic nitrogens is 2. The predicted molar refractivity (Wildman–Crippen MR) is 93.6 cm³/mol. The Morgan fingerprint density at radius 1 is 1.30 bits per heavy atom. The van der Waals surface area contributed by atoms with Crippen LogP contribution in [0.25, 0.3) is 11.0 Å². The van der Waals surface area contributed by atoms with E-state index in [1.807, 2.05) is 31.2 Å². The minimum Gasteiger partial charge on any atom is -0.397 e. The van der Waals surface area contributed by atoms with Crippen molar-refractivity contribution in [2.45, 2.75) is 26.7 Å². The zero-order valence-electron chi connectivity index (χ0n) is 13.3. The van der Waals surface area contributed by atoms with E-state index in [4.69, 9.17) is 5.73 Å². The third kappa shape index (κ3) is 3.04. The van der Waals surface area contributed by atoms with E-state index in [-0.39, 0.29) is 5.91 Å². The summed E-state index contributed by atoms with van der Waals surface area (Å²) >= 11 is 0. The number of imidazole rings is 1. The molecule has 1 heterocycles. The van der Waals surface area contributed by atoms with Gasteiger partial charge < -0.3 is 16.0 Å². The van der Waals surface area contributed by atoms with Crippen LogP contribution in [0.2, 0.25) is 0 Å². The molecule has 3 rings (SSSR count). The molecule has 0 spiro atoms. The van der Waals surface area contributed by atoms with E-state index in [2.05, 4.69) is 22.2 Å². The summed E-state index contributed by atoms with van der Waals surface area (Å²) in [6.45, 7) is 4.08. The molecule has 4 N–H and O–H groups in total. The lowest BCUT2D eigenvalue weighted by molar-refractivity contribution is 0.102. The Labute approximate surface area is 134 Å². The van der Waals surface area contributed by atoms with Gasteiger partial charge in [0.05, 0.1) is 22.4 Å². The third-order valence-corrected chi connectivity index (χ3v) is 3.78. The molecule has 0 aliphatic carbocycles. The smallest absolute Gasteiger partial charge is 0.255 e. The number of rotatable bonds is 4. The van der Waals surface area contributed by atoms with Crippen LogP contribution >= 0.6 is 0 Å². The van der Waals surface area contributed by atoms with Gasteiger partial charge in [-0.3, -0.25) is 4.79 Å². The van der Waals surface area contributed by atoms with Gasteiger partial charge in [-0.1, -0.05) is 19.1 Å². The number of carbonyl (C=O) groups excluding carboxylic acids is 1. The van der Waals surface area contributed by atoms with Gasteiger partial charge in [-0.05, 0) is 43.2 Å². The summed E-state index contributed by atoms with van der Waals surface area (Å²) in [5, 5.41) is 2.85. The molecule has 0 fully saturated rings. The van der Waals surface area contributed by atoms with Gasteiger partial charge in [0.1, 0.15) is 5.82 Å². The number of carbonyl (C=O) groups is 1. The summed E-state index contributed by atoms with van der Waals surface area (Å²) in [5.74, 6) is 0.773. The highest BCUT2D eigenvalue weighted by molar-refractivity contribution is 6.07. The van der Waals surface area contributed by atoms with Crippen molar-refractivity contribution in [2.75, 3.05) is 11.1 Å². The van der Waals surface area contributed by atoms with Crippen molar-refractivity contribution in [3.8, 4) is 0 Å². The molecule has 3 aromatic rings. The molecule has 0 radical (unpaired) electrons. The molecule has 0 saturated heterocycles. The second-order valence-corrected chi connectivity index (χ2v) is 5.66. The summed E-state index contributed by atoms with van der Waals surface area (Å²) in [6.07, 6.45) is 1.93. The average Bonchev–Trinajstić information content (AvgIpc) is 2.93. The van der Waals surface area contributed by atoms with Crippen LogP contribution in [0.3, 0.4) is 0 Å². The lowest BCUT2D eigenvalue weighted by Crippen LogP contribution is -2.13. The maximum Gasteiger partial charge on any atom is 0.255 e. The number of aryl methyl sites for hydroxylation is 2. The Hall–Kier alpha value is -2.82.